The number of hydrogen-bond donors (Lipinski definition) is 1. The number of aromatic amines is 1. The van der Waals surface area contributed by atoms with Crippen LogP contribution >= 0.6 is 11.3 Å². The quantitative estimate of drug-likeness (QED) is 0.342. The smallest absolute Gasteiger partial charge is 0.158 e. The van der Waals surface area contributed by atoms with Gasteiger partial charge >= 0.3 is 0 Å². The van der Waals surface area contributed by atoms with Crippen molar-refractivity contribution in [2.75, 3.05) is 13.1 Å². The zero-order valence-electron chi connectivity index (χ0n) is 21.2. The summed E-state index contributed by atoms with van der Waals surface area (Å²) >= 11 is 2.02. The summed E-state index contributed by atoms with van der Waals surface area (Å²) in [5, 5.41) is 5.92. The molecule has 1 N–H and O–H groups in total. The summed E-state index contributed by atoms with van der Waals surface area (Å²) in [6.07, 6.45) is 12.0. The molecule has 6 rings (SSSR count). The first-order valence-electron chi connectivity index (χ1n) is 13.1. The van der Waals surface area contributed by atoms with E-state index in [2.05, 4.69) is 60.8 Å². The van der Waals surface area contributed by atoms with Gasteiger partial charge in [-0.05, 0) is 106 Å². The van der Waals surface area contributed by atoms with Crippen LogP contribution in [0.5, 0.6) is 0 Å². The average molecular weight is 476 g/mol. The van der Waals surface area contributed by atoms with E-state index in [1.807, 2.05) is 15.9 Å². The van der Waals surface area contributed by atoms with Gasteiger partial charge in [0.2, 0.25) is 0 Å². The molecule has 2 fully saturated rings. The average Bonchev–Trinajstić information content (AvgIpc) is 3.61. The van der Waals surface area contributed by atoms with Crippen LogP contribution in [0.3, 0.4) is 0 Å². The molecule has 0 aromatic carbocycles. The number of nitrogens with one attached hydrogen (secondary N) is 1. The van der Waals surface area contributed by atoms with Gasteiger partial charge in [0.15, 0.2) is 5.65 Å². The van der Waals surface area contributed by atoms with Crippen molar-refractivity contribution in [1.29, 1.82) is 0 Å². The molecular weight excluding hydrogens is 438 g/mol. The van der Waals surface area contributed by atoms with Crippen molar-refractivity contribution in [2.24, 2.45) is 0 Å². The molecule has 180 valence electrons. The number of thiophene rings is 1. The topological polar surface area (TPSA) is 49.2 Å². The van der Waals surface area contributed by atoms with E-state index in [1.54, 1.807) is 11.2 Å². The molecule has 5 nitrogen and oxygen atoms in total. The standard InChI is InChI=1S/C28H37N5S/c1-16(2)23-24-19(5)26(20-8-10-21(11-9-20)32-12-6-7-13-32)34-28(24)31-25(23)22-14-33-27(29-15-30-33)18(4)17(22)3/h14-16,20-21,31H,6-13H2,1-5H3. The molecule has 0 spiro atoms. The zero-order chi connectivity index (χ0) is 23.6. The molecule has 0 radical (unpaired) electrons. The Balaban J connectivity index is 1.38. The molecule has 5 heterocycles. The van der Waals surface area contributed by atoms with Gasteiger partial charge in [0.05, 0.1) is 5.69 Å². The molecule has 0 amide bonds. The van der Waals surface area contributed by atoms with Crippen LogP contribution in [0.25, 0.3) is 27.1 Å². The molecule has 2 aliphatic rings. The van der Waals surface area contributed by atoms with E-state index < -0.39 is 0 Å². The van der Waals surface area contributed by atoms with Crippen LogP contribution in [0.15, 0.2) is 12.5 Å². The molecule has 0 atom stereocenters. The van der Waals surface area contributed by atoms with Crippen LogP contribution in [-0.2, 0) is 0 Å². The molecule has 34 heavy (non-hydrogen) atoms. The minimum absolute atomic E-state index is 0.446. The maximum atomic E-state index is 4.45. The van der Waals surface area contributed by atoms with Gasteiger partial charge in [0.1, 0.15) is 11.2 Å². The van der Waals surface area contributed by atoms with Gasteiger partial charge in [-0.1, -0.05) is 13.8 Å². The number of pyridine rings is 1. The third-order valence-corrected chi connectivity index (χ3v) is 10.0. The summed E-state index contributed by atoms with van der Waals surface area (Å²) in [6.45, 7) is 14.1. The first kappa shape index (κ1) is 22.3. The van der Waals surface area contributed by atoms with Gasteiger partial charge < -0.3 is 9.88 Å². The van der Waals surface area contributed by atoms with E-state index in [9.17, 15) is 0 Å². The lowest BCUT2D eigenvalue weighted by molar-refractivity contribution is 0.182. The van der Waals surface area contributed by atoms with Crippen molar-refractivity contribution < 1.29 is 0 Å². The minimum Gasteiger partial charge on any atom is -0.346 e. The van der Waals surface area contributed by atoms with Gasteiger partial charge in [-0.2, -0.15) is 5.10 Å². The lowest BCUT2D eigenvalue weighted by Gasteiger charge is -2.34. The predicted octanol–water partition coefficient (Wildman–Crippen LogP) is 7.11. The highest BCUT2D eigenvalue weighted by atomic mass is 32.1. The Morgan fingerprint density at radius 3 is 2.44 bits per heavy atom. The number of aryl methyl sites for hydroxylation is 2. The Morgan fingerprint density at radius 2 is 1.74 bits per heavy atom. The number of hydrogen-bond acceptors (Lipinski definition) is 4. The van der Waals surface area contributed by atoms with Crippen LogP contribution in [0.2, 0.25) is 0 Å². The van der Waals surface area contributed by atoms with E-state index in [-0.39, 0.29) is 0 Å². The molecule has 6 heteroatoms. The number of nitrogens with zero attached hydrogens (tertiary/aromatic N) is 4. The summed E-state index contributed by atoms with van der Waals surface area (Å²) in [4.78, 5) is 14.1. The summed E-state index contributed by atoms with van der Waals surface area (Å²) in [7, 11) is 0. The molecule has 1 aliphatic heterocycles. The molecule has 0 unspecified atom stereocenters. The van der Waals surface area contributed by atoms with Gasteiger partial charge in [0.25, 0.3) is 0 Å². The number of fused-ring (bicyclic) bond motifs is 2. The Bertz CT molecular complexity index is 1340. The number of likely N-dealkylation sites (tertiary alicyclic amines) is 1. The first-order chi connectivity index (χ1) is 16.4. The summed E-state index contributed by atoms with van der Waals surface area (Å²) in [5.41, 5.74) is 8.93. The van der Waals surface area contributed by atoms with Crippen LogP contribution in [0.1, 0.15) is 91.3 Å². The predicted molar refractivity (Wildman–Crippen MR) is 142 cm³/mol. The zero-order valence-corrected chi connectivity index (χ0v) is 22.1. The highest BCUT2D eigenvalue weighted by Gasteiger charge is 2.31. The maximum absolute atomic E-state index is 4.45. The second-order valence-electron chi connectivity index (χ2n) is 10.9. The lowest BCUT2D eigenvalue weighted by Crippen LogP contribution is -2.35. The van der Waals surface area contributed by atoms with Crippen LogP contribution in [-0.4, -0.2) is 43.6 Å². The maximum Gasteiger partial charge on any atom is 0.158 e. The van der Waals surface area contributed by atoms with Crippen molar-refractivity contribution >= 4 is 27.2 Å². The van der Waals surface area contributed by atoms with E-state index in [0.717, 1.165) is 17.6 Å². The Hall–Kier alpha value is -2.18. The van der Waals surface area contributed by atoms with Gasteiger partial charge in [-0.15, -0.1) is 11.3 Å². The van der Waals surface area contributed by atoms with Crippen LogP contribution < -0.4 is 0 Å². The molecule has 4 aromatic heterocycles. The largest absolute Gasteiger partial charge is 0.346 e. The molecule has 1 saturated carbocycles. The number of rotatable bonds is 4. The molecular formula is C28H37N5S. The minimum atomic E-state index is 0.446. The van der Waals surface area contributed by atoms with E-state index in [1.165, 1.54) is 95.3 Å². The second kappa shape index (κ2) is 8.49. The second-order valence-corrected chi connectivity index (χ2v) is 12.0. The van der Waals surface area contributed by atoms with Gasteiger partial charge in [-0.3, -0.25) is 0 Å². The fourth-order valence-electron chi connectivity index (χ4n) is 6.69. The number of H-pyrrole nitrogens is 1. The third kappa shape index (κ3) is 3.44. The van der Waals surface area contributed by atoms with Gasteiger partial charge in [-0.25, -0.2) is 9.50 Å². The van der Waals surface area contributed by atoms with E-state index in [0.29, 0.717) is 5.92 Å². The Morgan fingerprint density at radius 1 is 1.00 bits per heavy atom. The monoisotopic (exact) mass is 475 g/mol. The number of aromatic nitrogens is 4. The van der Waals surface area contributed by atoms with Crippen molar-refractivity contribution in [3.63, 3.8) is 0 Å². The molecule has 4 aromatic rings. The molecule has 1 aliphatic carbocycles. The summed E-state index contributed by atoms with van der Waals surface area (Å²) in [6, 6.07) is 0.833. The van der Waals surface area contributed by atoms with Gasteiger partial charge in [0, 0.05) is 28.1 Å². The van der Waals surface area contributed by atoms with Crippen molar-refractivity contribution in [2.45, 2.75) is 91.0 Å². The first-order valence-corrected chi connectivity index (χ1v) is 13.9. The van der Waals surface area contributed by atoms with Crippen LogP contribution in [0.4, 0.5) is 0 Å². The van der Waals surface area contributed by atoms with E-state index in [4.69, 9.17) is 0 Å². The Labute approximate surface area is 206 Å². The summed E-state index contributed by atoms with van der Waals surface area (Å²) < 4.78 is 1.92. The van der Waals surface area contributed by atoms with Crippen molar-refractivity contribution in [3.8, 4) is 11.3 Å². The SMILES string of the molecule is Cc1c(-c2[nH]c3sc(C4CCC(N5CCCC5)CC4)c(C)c3c2C(C)C)cn2ncnc2c1C. The molecule has 0 bridgehead atoms. The third-order valence-electron chi connectivity index (χ3n) is 8.66. The fourth-order valence-corrected chi connectivity index (χ4v) is 8.09. The summed E-state index contributed by atoms with van der Waals surface area (Å²) in [5.74, 6) is 1.17. The molecule has 1 saturated heterocycles. The highest BCUT2D eigenvalue weighted by Crippen LogP contribution is 2.47. The van der Waals surface area contributed by atoms with Crippen molar-refractivity contribution in [1.82, 2.24) is 24.5 Å². The van der Waals surface area contributed by atoms with E-state index >= 15 is 0 Å². The lowest BCUT2D eigenvalue weighted by atomic mass is 9.83. The highest BCUT2D eigenvalue weighted by molar-refractivity contribution is 7.19. The Kier molecular flexibility index (Phi) is 5.57. The van der Waals surface area contributed by atoms with Crippen molar-refractivity contribution in [3.05, 3.63) is 39.7 Å². The van der Waals surface area contributed by atoms with Crippen LogP contribution in [0, 0.1) is 20.8 Å². The normalized spacial score (nSPS) is 22.1. The fraction of sp³-hybridized carbons (Fsp3) is 0.571.